The van der Waals surface area contributed by atoms with Gasteiger partial charge < -0.3 is 64.5 Å². The van der Waals surface area contributed by atoms with Crippen LogP contribution in [0.15, 0.2) is 36.4 Å². The molecule has 242 valence electrons. The average molecular weight is 623 g/mol. The molecule has 1 aliphatic carbocycles. The third kappa shape index (κ3) is 7.08. The third-order valence-corrected chi connectivity index (χ3v) is 7.81. The second kappa shape index (κ2) is 14.1. The fraction of sp³-hybridized carbons (Fsp3) is 0.500. The summed E-state index contributed by atoms with van der Waals surface area (Å²) in [6.45, 7) is 1.31. The van der Waals surface area contributed by atoms with Gasteiger partial charge in [0, 0.05) is 12.1 Å². The Labute approximate surface area is 252 Å². The van der Waals surface area contributed by atoms with Gasteiger partial charge in [-0.2, -0.15) is 0 Å². The van der Waals surface area contributed by atoms with Gasteiger partial charge in [0.1, 0.15) is 59.4 Å². The summed E-state index contributed by atoms with van der Waals surface area (Å²) in [4.78, 5) is 12.9. The Morgan fingerprint density at radius 2 is 1.55 bits per heavy atom. The van der Waals surface area contributed by atoms with Crippen LogP contribution in [0, 0.1) is 5.92 Å². The number of phenolic OH excluding ortho intramolecular Hbond substituents is 2. The molecular formula is C30H38O14. The number of rotatable bonds is 10. The Hall–Kier alpha value is -3.47. The van der Waals surface area contributed by atoms with Crippen LogP contribution in [0.5, 0.6) is 28.7 Å². The predicted molar refractivity (Wildman–Crippen MR) is 152 cm³/mol. The molecule has 2 aromatic carbocycles. The van der Waals surface area contributed by atoms with Crippen molar-refractivity contribution in [1.29, 1.82) is 0 Å². The maximum absolute atomic E-state index is 12.9. The van der Waals surface area contributed by atoms with Gasteiger partial charge in [-0.05, 0) is 36.1 Å². The molecule has 4 unspecified atom stereocenters. The number of hydrogen-bond donors (Lipinski definition) is 8. The van der Waals surface area contributed by atoms with Crippen LogP contribution in [0.1, 0.15) is 29.3 Å². The number of aromatic hydroxyl groups is 2. The first kappa shape index (κ1) is 33.4. The van der Waals surface area contributed by atoms with Crippen molar-refractivity contribution in [2.45, 2.75) is 68.5 Å². The molecule has 0 bridgehead atoms. The molecule has 1 heterocycles. The number of benzene rings is 2. The minimum Gasteiger partial charge on any atom is -0.507 e. The van der Waals surface area contributed by atoms with Crippen molar-refractivity contribution in [3.8, 4) is 28.7 Å². The van der Waals surface area contributed by atoms with E-state index in [4.69, 9.17) is 23.7 Å². The summed E-state index contributed by atoms with van der Waals surface area (Å²) in [5, 5.41) is 82.4. The molecule has 2 aromatic rings. The van der Waals surface area contributed by atoms with Gasteiger partial charge in [-0.1, -0.05) is 19.1 Å². The Balaban J connectivity index is 1.46. The molecule has 1 saturated heterocycles. The van der Waals surface area contributed by atoms with E-state index in [0.29, 0.717) is 5.56 Å². The third-order valence-electron chi connectivity index (χ3n) is 7.81. The van der Waals surface area contributed by atoms with E-state index >= 15 is 0 Å². The number of methoxy groups -OCH3 is 2. The van der Waals surface area contributed by atoms with Crippen LogP contribution in [0.25, 0.3) is 6.08 Å². The monoisotopic (exact) mass is 622 g/mol. The Kier molecular flexibility index (Phi) is 10.7. The molecule has 2 aliphatic rings. The Morgan fingerprint density at radius 3 is 2.20 bits per heavy atom. The molecule has 4 rings (SSSR count). The second-order valence-corrected chi connectivity index (χ2v) is 10.8. The van der Waals surface area contributed by atoms with Crippen molar-refractivity contribution in [2.24, 2.45) is 5.92 Å². The number of hydrogen-bond acceptors (Lipinski definition) is 14. The lowest BCUT2D eigenvalue weighted by Crippen LogP contribution is -2.61. The summed E-state index contributed by atoms with van der Waals surface area (Å²) in [5.41, 5.74) is 0.285. The topological polar surface area (TPSA) is 225 Å². The first-order valence-corrected chi connectivity index (χ1v) is 13.9. The number of ketones is 1. The summed E-state index contributed by atoms with van der Waals surface area (Å²) in [6, 6.07) is 6.86. The van der Waals surface area contributed by atoms with E-state index in [-0.39, 0.29) is 47.5 Å². The zero-order chi connectivity index (χ0) is 32.3. The molecular weight excluding hydrogens is 584 g/mol. The highest BCUT2D eigenvalue weighted by Gasteiger charge is 2.47. The van der Waals surface area contributed by atoms with Gasteiger partial charge in [-0.15, -0.1) is 0 Å². The van der Waals surface area contributed by atoms with Crippen LogP contribution < -0.4 is 14.2 Å². The van der Waals surface area contributed by atoms with Crippen LogP contribution in [0.4, 0.5) is 0 Å². The zero-order valence-corrected chi connectivity index (χ0v) is 24.3. The number of allylic oxidation sites excluding steroid dienone is 1. The lowest BCUT2D eigenvalue weighted by Gasteiger charge is -2.42. The highest BCUT2D eigenvalue weighted by Crippen LogP contribution is 2.36. The molecule has 0 radical (unpaired) electrons. The maximum atomic E-state index is 12.9. The second-order valence-electron chi connectivity index (χ2n) is 10.8. The van der Waals surface area contributed by atoms with Crippen LogP contribution in [-0.2, 0) is 9.47 Å². The first-order valence-electron chi connectivity index (χ1n) is 13.9. The highest BCUT2D eigenvalue weighted by molar-refractivity contribution is 6.10. The van der Waals surface area contributed by atoms with Crippen molar-refractivity contribution in [2.75, 3.05) is 20.8 Å². The Morgan fingerprint density at radius 1 is 0.864 bits per heavy atom. The van der Waals surface area contributed by atoms with Crippen LogP contribution >= 0.6 is 0 Å². The zero-order valence-electron chi connectivity index (χ0n) is 24.3. The smallest absolute Gasteiger partial charge is 0.229 e. The van der Waals surface area contributed by atoms with Crippen molar-refractivity contribution in [1.82, 2.24) is 0 Å². The van der Waals surface area contributed by atoms with Gasteiger partial charge in [0.05, 0.1) is 33.0 Å². The first-order chi connectivity index (χ1) is 20.9. The molecule has 1 saturated carbocycles. The summed E-state index contributed by atoms with van der Waals surface area (Å²) in [6.07, 6.45) is -9.99. The van der Waals surface area contributed by atoms with Gasteiger partial charge in [0.25, 0.3) is 0 Å². The van der Waals surface area contributed by atoms with Crippen molar-refractivity contribution < 1.29 is 69.3 Å². The van der Waals surface area contributed by atoms with E-state index in [1.807, 2.05) is 0 Å². The summed E-state index contributed by atoms with van der Waals surface area (Å²) < 4.78 is 27.3. The van der Waals surface area contributed by atoms with Crippen molar-refractivity contribution >= 4 is 11.9 Å². The lowest BCUT2D eigenvalue weighted by molar-refractivity contribution is -0.285. The molecule has 0 amide bonds. The number of phenols is 2. The molecule has 14 nitrogen and oxygen atoms in total. The summed E-state index contributed by atoms with van der Waals surface area (Å²) in [7, 11) is 2.66. The summed E-state index contributed by atoms with van der Waals surface area (Å²) in [5.74, 6) is -1.61. The molecule has 8 N–H and O–H groups in total. The number of carbonyl (C=O) groups is 1. The van der Waals surface area contributed by atoms with Crippen LogP contribution in [0.3, 0.4) is 0 Å². The highest BCUT2D eigenvalue weighted by atomic mass is 16.7. The standard InChI is InChI=1S/C30H38O14/c1-13-8-21(25(35)27(37)24(13)34)42-12-22-26(36)28(38)29(39)30(44-22)43-15-10-18(33)23(20(11-15)41-3)16(31)6-4-14-5-7-19(40-2)17(32)9-14/h4-7,9-11,13,21-22,24-30,32-39H,8,12H2,1-3H3/t13?,21-,22?,24+,25?,26-,27+,28-,29?,30-/m1/s1. The maximum Gasteiger partial charge on any atom is 0.229 e. The number of aliphatic hydroxyl groups is 6. The fourth-order valence-electron chi connectivity index (χ4n) is 5.19. The molecule has 2 fully saturated rings. The lowest BCUT2D eigenvalue weighted by atomic mass is 9.82. The van der Waals surface area contributed by atoms with E-state index in [2.05, 4.69) is 0 Å². The minimum absolute atomic E-state index is 0.0841. The largest absolute Gasteiger partial charge is 0.507 e. The molecule has 0 spiro atoms. The fourth-order valence-corrected chi connectivity index (χ4v) is 5.19. The van der Waals surface area contributed by atoms with Gasteiger partial charge in [-0.25, -0.2) is 0 Å². The number of ether oxygens (including phenoxy) is 5. The van der Waals surface area contributed by atoms with Crippen LogP contribution in [0.2, 0.25) is 0 Å². The van der Waals surface area contributed by atoms with E-state index in [0.717, 1.165) is 6.07 Å². The molecule has 0 aromatic heterocycles. The van der Waals surface area contributed by atoms with Crippen molar-refractivity contribution in [3.05, 3.63) is 47.5 Å². The number of carbonyl (C=O) groups excluding carboxylic acids is 1. The molecule has 10 atom stereocenters. The van der Waals surface area contributed by atoms with Gasteiger partial charge in [-0.3, -0.25) is 4.79 Å². The van der Waals surface area contributed by atoms with Gasteiger partial charge in [0.2, 0.25) is 6.29 Å². The van der Waals surface area contributed by atoms with E-state index in [1.54, 1.807) is 13.0 Å². The van der Waals surface area contributed by atoms with Gasteiger partial charge in [0.15, 0.2) is 17.3 Å². The number of aliphatic hydroxyl groups excluding tert-OH is 6. The SMILES string of the molecule is COc1ccc(C=CC(=O)c2c(O)cc(O[C@@H]3OC(CO[C@@H]4CC(C)[C@H](O)[C@H](O)C4O)[C@@H](O)[C@@H](O)C3O)cc2OC)cc1O. The van der Waals surface area contributed by atoms with E-state index < -0.39 is 66.7 Å². The normalized spacial score (nSPS) is 32.4. The average Bonchev–Trinajstić information content (AvgIpc) is 3.00. The Bertz CT molecular complexity index is 1330. The van der Waals surface area contributed by atoms with E-state index in [1.165, 1.54) is 44.6 Å². The quantitative estimate of drug-likeness (QED) is 0.126. The van der Waals surface area contributed by atoms with Crippen molar-refractivity contribution in [3.63, 3.8) is 0 Å². The van der Waals surface area contributed by atoms with Gasteiger partial charge >= 0.3 is 0 Å². The summed E-state index contributed by atoms with van der Waals surface area (Å²) >= 11 is 0. The molecule has 44 heavy (non-hydrogen) atoms. The molecule has 14 heteroatoms. The molecule has 1 aliphatic heterocycles. The van der Waals surface area contributed by atoms with E-state index in [9.17, 15) is 45.6 Å². The predicted octanol–water partition coefficient (Wildman–Crippen LogP) is -0.295. The minimum atomic E-state index is -1.74. The van der Waals surface area contributed by atoms with Crippen LogP contribution in [-0.4, -0.2) is 123 Å².